The van der Waals surface area contributed by atoms with Crippen LogP contribution in [0.25, 0.3) is 0 Å². The van der Waals surface area contributed by atoms with Gasteiger partial charge < -0.3 is 4.74 Å². The first-order valence-electron chi connectivity index (χ1n) is 7.26. The van der Waals surface area contributed by atoms with Crippen molar-refractivity contribution in [3.8, 4) is 17.6 Å². The van der Waals surface area contributed by atoms with Gasteiger partial charge >= 0.3 is 12.4 Å². The first-order valence-corrected chi connectivity index (χ1v) is 7.26. The van der Waals surface area contributed by atoms with E-state index in [-0.39, 0.29) is 6.07 Å². The van der Waals surface area contributed by atoms with E-state index in [0.717, 1.165) is 6.21 Å². The predicted molar refractivity (Wildman–Crippen MR) is 83.5 cm³/mol. The summed E-state index contributed by atoms with van der Waals surface area (Å²) in [4.78, 5) is 0. The summed E-state index contributed by atoms with van der Waals surface area (Å²) in [5, 5.41) is 12.8. The van der Waals surface area contributed by atoms with Crippen molar-refractivity contribution in [2.24, 2.45) is 5.16 Å². The highest BCUT2D eigenvalue weighted by Gasteiger charge is 2.37. The van der Waals surface area contributed by atoms with Crippen LogP contribution in [0, 0.1) is 11.8 Å². The van der Waals surface area contributed by atoms with Gasteiger partial charge in [0.25, 0.3) is 0 Å². The van der Waals surface area contributed by atoms with Gasteiger partial charge in [-0.2, -0.15) is 26.3 Å². The fraction of sp³-hybridized carbons (Fsp3) is 0.167. The van der Waals surface area contributed by atoms with E-state index < -0.39 is 35.8 Å². The van der Waals surface area contributed by atoms with Crippen molar-refractivity contribution in [2.75, 3.05) is 6.61 Å². The van der Waals surface area contributed by atoms with Crippen molar-refractivity contribution < 1.29 is 36.3 Å². The van der Waals surface area contributed by atoms with Crippen molar-refractivity contribution in [3.63, 3.8) is 0 Å². The lowest BCUT2D eigenvalue weighted by Crippen LogP contribution is -2.11. The molecule has 0 aliphatic rings. The maximum absolute atomic E-state index is 12.8. The van der Waals surface area contributed by atoms with Gasteiger partial charge in [0.2, 0.25) is 0 Å². The number of ether oxygens (including phenoxy) is 1. The number of nitrogens with zero attached hydrogens (tertiary/aromatic N) is 1. The second kappa shape index (κ2) is 8.03. The SMILES string of the molecule is [O]/N=C/c1cccc(C#CCOc2cc(C(F)(F)F)cc(C(F)(F)F)c2)c1. The smallest absolute Gasteiger partial charge is 0.416 e. The molecule has 0 N–H and O–H groups in total. The Bertz CT molecular complexity index is 859. The normalized spacial score (nSPS) is 11.9. The van der Waals surface area contributed by atoms with Crippen LogP contribution in [0.3, 0.4) is 0 Å². The summed E-state index contributed by atoms with van der Waals surface area (Å²) >= 11 is 0. The summed E-state index contributed by atoms with van der Waals surface area (Å²) in [5.41, 5.74) is -1.98. The largest absolute Gasteiger partial charge is 0.481 e. The van der Waals surface area contributed by atoms with Crippen molar-refractivity contribution in [1.82, 2.24) is 0 Å². The third-order valence-corrected chi connectivity index (χ3v) is 3.19. The van der Waals surface area contributed by atoms with Crippen LogP contribution >= 0.6 is 0 Å². The van der Waals surface area contributed by atoms with E-state index in [1.807, 2.05) is 0 Å². The average Bonchev–Trinajstić information content (AvgIpc) is 2.58. The first-order chi connectivity index (χ1) is 12.6. The molecule has 0 saturated carbocycles. The second-order valence-corrected chi connectivity index (χ2v) is 5.19. The predicted octanol–water partition coefficient (Wildman–Crippen LogP) is 4.92. The average molecular weight is 386 g/mol. The molecular formula is C18H10F6NO2. The molecule has 3 nitrogen and oxygen atoms in total. The Morgan fingerprint density at radius 1 is 0.963 bits per heavy atom. The summed E-state index contributed by atoms with van der Waals surface area (Å²) in [5.74, 6) is 4.50. The number of halogens is 6. The van der Waals surface area contributed by atoms with E-state index in [1.54, 1.807) is 18.2 Å². The van der Waals surface area contributed by atoms with Gasteiger partial charge in [-0.05, 0) is 41.1 Å². The van der Waals surface area contributed by atoms with Crippen LogP contribution in [0.1, 0.15) is 22.3 Å². The fourth-order valence-corrected chi connectivity index (χ4v) is 2.02. The molecule has 0 bridgehead atoms. The van der Waals surface area contributed by atoms with Crippen LogP contribution in [-0.4, -0.2) is 12.8 Å². The summed E-state index contributed by atoms with van der Waals surface area (Å²) in [6, 6.07) is 7.29. The standard InChI is InChI=1S/C18H10F6NO2/c19-17(20,21)14-8-15(18(22,23)24)10-16(9-14)27-6-2-5-12-3-1-4-13(7-12)11-25-26/h1,3-4,7-11H,6H2/b25-11+. The van der Waals surface area contributed by atoms with Crippen LogP contribution < -0.4 is 4.74 Å². The van der Waals surface area contributed by atoms with Crippen LogP contribution in [0.2, 0.25) is 0 Å². The number of rotatable bonds is 3. The molecular weight excluding hydrogens is 376 g/mol. The first kappa shape index (κ1) is 20.2. The lowest BCUT2D eigenvalue weighted by molar-refractivity contribution is -0.143. The van der Waals surface area contributed by atoms with Crippen molar-refractivity contribution >= 4 is 6.21 Å². The number of hydrogen-bond acceptors (Lipinski definition) is 2. The molecule has 2 rings (SSSR count). The summed E-state index contributed by atoms with van der Waals surface area (Å²) in [7, 11) is 0. The molecule has 1 radical (unpaired) electrons. The molecule has 0 unspecified atom stereocenters. The van der Waals surface area contributed by atoms with Gasteiger partial charge in [0.05, 0.1) is 17.3 Å². The number of benzene rings is 2. The van der Waals surface area contributed by atoms with Gasteiger partial charge in [-0.25, -0.2) is 0 Å². The highest BCUT2D eigenvalue weighted by molar-refractivity contribution is 5.79. The van der Waals surface area contributed by atoms with Gasteiger partial charge in [-0.1, -0.05) is 24.0 Å². The minimum Gasteiger partial charge on any atom is -0.481 e. The topological polar surface area (TPSA) is 41.5 Å². The molecule has 0 aliphatic carbocycles. The molecule has 0 spiro atoms. The molecule has 0 amide bonds. The molecule has 2 aromatic rings. The molecule has 0 fully saturated rings. The molecule has 0 saturated heterocycles. The third kappa shape index (κ3) is 5.95. The van der Waals surface area contributed by atoms with E-state index >= 15 is 0 Å². The molecule has 0 aromatic heterocycles. The van der Waals surface area contributed by atoms with Gasteiger partial charge in [0.1, 0.15) is 12.4 Å². The van der Waals surface area contributed by atoms with E-state index in [9.17, 15) is 31.5 Å². The van der Waals surface area contributed by atoms with E-state index in [4.69, 9.17) is 4.74 Å². The molecule has 2 aromatic carbocycles. The molecule has 141 valence electrons. The van der Waals surface area contributed by atoms with Crippen molar-refractivity contribution in [1.29, 1.82) is 0 Å². The van der Waals surface area contributed by atoms with E-state index in [2.05, 4.69) is 17.0 Å². The maximum atomic E-state index is 12.8. The molecule has 0 heterocycles. The zero-order valence-corrected chi connectivity index (χ0v) is 13.4. The highest BCUT2D eigenvalue weighted by atomic mass is 19.4. The van der Waals surface area contributed by atoms with Gasteiger partial charge in [0, 0.05) is 5.56 Å². The summed E-state index contributed by atoms with van der Waals surface area (Å²) < 4.78 is 81.5. The lowest BCUT2D eigenvalue weighted by Gasteiger charge is -2.14. The molecule has 9 heteroatoms. The van der Waals surface area contributed by atoms with Crippen LogP contribution in [0.15, 0.2) is 47.6 Å². The van der Waals surface area contributed by atoms with Crippen LogP contribution in [0.4, 0.5) is 26.3 Å². The Labute approximate surface area is 149 Å². The van der Waals surface area contributed by atoms with E-state index in [0.29, 0.717) is 23.3 Å². The van der Waals surface area contributed by atoms with Gasteiger partial charge in [-0.15, -0.1) is 5.21 Å². The fourth-order valence-electron chi connectivity index (χ4n) is 2.02. The quantitative estimate of drug-likeness (QED) is 0.320. The second-order valence-electron chi connectivity index (χ2n) is 5.19. The van der Waals surface area contributed by atoms with Crippen molar-refractivity contribution in [3.05, 3.63) is 64.7 Å². The minimum atomic E-state index is -4.95. The number of alkyl halides is 6. The molecule has 27 heavy (non-hydrogen) atoms. The third-order valence-electron chi connectivity index (χ3n) is 3.19. The zero-order chi connectivity index (χ0) is 20.1. The number of hydrogen-bond donors (Lipinski definition) is 0. The summed E-state index contributed by atoms with van der Waals surface area (Å²) in [6.07, 6.45) is -8.84. The summed E-state index contributed by atoms with van der Waals surface area (Å²) in [6.45, 7) is -0.432. The zero-order valence-electron chi connectivity index (χ0n) is 13.4. The van der Waals surface area contributed by atoms with Crippen LogP contribution in [-0.2, 0) is 17.6 Å². The van der Waals surface area contributed by atoms with Gasteiger partial charge in [0.15, 0.2) is 0 Å². The van der Waals surface area contributed by atoms with Crippen molar-refractivity contribution in [2.45, 2.75) is 12.4 Å². The van der Waals surface area contributed by atoms with Crippen LogP contribution in [0.5, 0.6) is 5.75 Å². The Kier molecular flexibility index (Phi) is 6.00. The van der Waals surface area contributed by atoms with E-state index in [1.165, 1.54) is 6.07 Å². The molecule has 0 atom stereocenters. The lowest BCUT2D eigenvalue weighted by atomic mass is 10.1. The minimum absolute atomic E-state index is 0.0155. The monoisotopic (exact) mass is 386 g/mol. The Balaban J connectivity index is 2.18. The Morgan fingerprint density at radius 2 is 1.59 bits per heavy atom. The Hall–Kier alpha value is -3.15. The Morgan fingerprint density at radius 3 is 2.15 bits per heavy atom. The van der Waals surface area contributed by atoms with Gasteiger partial charge in [-0.3, -0.25) is 0 Å². The maximum Gasteiger partial charge on any atom is 0.416 e. The molecule has 0 aliphatic heterocycles. The highest BCUT2D eigenvalue weighted by Crippen LogP contribution is 2.38.